The lowest BCUT2D eigenvalue weighted by Crippen LogP contribution is -1.97. The van der Waals surface area contributed by atoms with E-state index in [9.17, 15) is 9.90 Å². The fourth-order valence-corrected chi connectivity index (χ4v) is 2.28. The highest BCUT2D eigenvalue weighted by Gasteiger charge is 2.12. The third-order valence-electron chi connectivity index (χ3n) is 3.62. The van der Waals surface area contributed by atoms with Gasteiger partial charge in [0.15, 0.2) is 17.3 Å². The van der Waals surface area contributed by atoms with E-state index in [1.807, 2.05) is 0 Å². The number of carbonyl (C=O) groups excluding carboxylic acids is 1. The maximum Gasteiger partial charge on any atom is 0.189 e. The molecule has 0 bridgehead atoms. The van der Waals surface area contributed by atoms with Crippen LogP contribution in [0.1, 0.15) is 15.9 Å². The van der Waals surface area contributed by atoms with Crippen LogP contribution in [0.25, 0.3) is 6.08 Å². The standard InChI is InChI=1S/C19H20O6/c1-22-13-6-8-16(21)14(10-13)15(20)7-5-12-9-18(24-3)19(25-4)11-17(12)23-2/h5-11,21H,1-4H3. The highest BCUT2D eigenvalue weighted by atomic mass is 16.5. The number of aromatic hydroxyl groups is 1. The van der Waals surface area contributed by atoms with Crippen molar-refractivity contribution in [3.63, 3.8) is 0 Å². The van der Waals surface area contributed by atoms with Crippen LogP contribution in [-0.4, -0.2) is 39.3 Å². The third-order valence-corrected chi connectivity index (χ3v) is 3.62. The molecule has 0 atom stereocenters. The van der Waals surface area contributed by atoms with E-state index in [-0.39, 0.29) is 17.1 Å². The van der Waals surface area contributed by atoms with Gasteiger partial charge in [-0.25, -0.2) is 0 Å². The largest absolute Gasteiger partial charge is 0.507 e. The van der Waals surface area contributed by atoms with E-state index < -0.39 is 0 Å². The lowest BCUT2D eigenvalue weighted by Gasteiger charge is -2.12. The Morgan fingerprint density at radius 3 is 2.12 bits per heavy atom. The summed E-state index contributed by atoms with van der Waals surface area (Å²) in [4.78, 5) is 12.4. The van der Waals surface area contributed by atoms with Crippen LogP contribution in [0, 0.1) is 0 Å². The maximum absolute atomic E-state index is 12.4. The number of rotatable bonds is 7. The van der Waals surface area contributed by atoms with Gasteiger partial charge in [0, 0.05) is 11.6 Å². The van der Waals surface area contributed by atoms with Crippen LogP contribution in [0.5, 0.6) is 28.7 Å². The van der Waals surface area contributed by atoms with Crippen LogP contribution in [0.4, 0.5) is 0 Å². The van der Waals surface area contributed by atoms with E-state index in [4.69, 9.17) is 18.9 Å². The predicted octanol–water partition coefficient (Wildman–Crippen LogP) is 3.32. The number of methoxy groups -OCH3 is 4. The van der Waals surface area contributed by atoms with Crippen molar-refractivity contribution >= 4 is 11.9 Å². The summed E-state index contributed by atoms with van der Waals surface area (Å²) >= 11 is 0. The summed E-state index contributed by atoms with van der Waals surface area (Å²) < 4.78 is 20.9. The van der Waals surface area contributed by atoms with Crippen molar-refractivity contribution in [3.8, 4) is 28.7 Å². The zero-order valence-corrected chi connectivity index (χ0v) is 14.5. The van der Waals surface area contributed by atoms with Crippen molar-refractivity contribution in [1.29, 1.82) is 0 Å². The first-order chi connectivity index (χ1) is 12.0. The topological polar surface area (TPSA) is 74.2 Å². The number of allylic oxidation sites excluding steroid dienone is 1. The molecule has 6 heteroatoms. The molecule has 0 aliphatic heterocycles. The second-order valence-corrected chi connectivity index (χ2v) is 5.03. The average molecular weight is 344 g/mol. The van der Waals surface area contributed by atoms with Crippen LogP contribution in [0.2, 0.25) is 0 Å². The molecule has 1 N–H and O–H groups in total. The zero-order valence-electron chi connectivity index (χ0n) is 14.5. The van der Waals surface area contributed by atoms with Gasteiger partial charge < -0.3 is 24.1 Å². The minimum Gasteiger partial charge on any atom is -0.507 e. The average Bonchev–Trinajstić information content (AvgIpc) is 2.65. The normalized spacial score (nSPS) is 10.6. The Labute approximate surface area is 146 Å². The van der Waals surface area contributed by atoms with Crippen LogP contribution < -0.4 is 18.9 Å². The summed E-state index contributed by atoms with van der Waals surface area (Å²) in [6, 6.07) is 7.84. The molecule has 0 aromatic heterocycles. The summed E-state index contributed by atoms with van der Waals surface area (Å²) in [5.74, 6) is 1.56. The van der Waals surface area contributed by atoms with E-state index in [0.29, 0.717) is 28.6 Å². The Kier molecular flexibility index (Phi) is 5.89. The van der Waals surface area contributed by atoms with Crippen molar-refractivity contribution in [3.05, 3.63) is 47.5 Å². The van der Waals surface area contributed by atoms with Crippen molar-refractivity contribution in [1.82, 2.24) is 0 Å². The third kappa shape index (κ3) is 4.03. The van der Waals surface area contributed by atoms with E-state index in [1.165, 1.54) is 46.6 Å². The summed E-state index contributed by atoms with van der Waals surface area (Å²) in [5.41, 5.74) is 0.783. The maximum atomic E-state index is 12.4. The molecule has 0 aliphatic rings. The van der Waals surface area contributed by atoms with Crippen LogP contribution in [0.3, 0.4) is 0 Å². The molecule has 0 fully saturated rings. The monoisotopic (exact) mass is 344 g/mol. The Morgan fingerprint density at radius 1 is 0.880 bits per heavy atom. The van der Waals surface area contributed by atoms with Gasteiger partial charge in [-0.2, -0.15) is 0 Å². The quantitative estimate of drug-likeness (QED) is 0.613. The van der Waals surface area contributed by atoms with Crippen molar-refractivity contribution < 1.29 is 28.8 Å². The molecule has 2 aromatic carbocycles. The summed E-state index contributed by atoms with van der Waals surface area (Å²) in [5, 5.41) is 9.88. The molecule has 2 aromatic rings. The van der Waals surface area contributed by atoms with Gasteiger partial charge in [-0.1, -0.05) is 0 Å². The molecule has 0 spiro atoms. The molecule has 0 aliphatic carbocycles. The summed E-state index contributed by atoms with van der Waals surface area (Å²) in [7, 11) is 6.07. The number of ketones is 1. The van der Waals surface area contributed by atoms with Crippen molar-refractivity contribution in [2.24, 2.45) is 0 Å². The molecule has 132 valence electrons. The fourth-order valence-electron chi connectivity index (χ4n) is 2.28. The Hall–Kier alpha value is -3.15. The first-order valence-corrected chi connectivity index (χ1v) is 7.43. The Bertz CT molecular complexity index is 795. The Balaban J connectivity index is 2.37. The molecule has 0 amide bonds. The highest BCUT2D eigenvalue weighted by molar-refractivity contribution is 6.09. The number of benzene rings is 2. The molecular formula is C19H20O6. The number of phenols is 1. The second kappa shape index (κ2) is 8.10. The van der Waals surface area contributed by atoms with Gasteiger partial charge in [-0.15, -0.1) is 0 Å². The lowest BCUT2D eigenvalue weighted by atomic mass is 10.1. The lowest BCUT2D eigenvalue weighted by molar-refractivity contribution is 0.104. The van der Waals surface area contributed by atoms with Crippen LogP contribution >= 0.6 is 0 Å². The first kappa shape index (κ1) is 18.2. The molecule has 0 saturated carbocycles. The van der Waals surface area contributed by atoms with Gasteiger partial charge in [0.25, 0.3) is 0 Å². The van der Waals surface area contributed by atoms with E-state index >= 15 is 0 Å². The number of hydrogen-bond acceptors (Lipinski definition) is 6. The minimum atomic E-state index is -0.367. The zero-order chi connectivity index (χ0) is 18.4. The molecule has 0 unspecified atom stereocenters. The molecule has 2 rings (SSSR count). The molecular weight excluding hydrogens is 324 g/mol. The van der Waals surface area contributed by atoms with Gasteiger partial charge in [0.2, 0.25) is 0 Å². The predicted molar refractivity (Wildman–Crippen MR) is 94.1 cm³/mol. The van der Waals surface area contributed by atoms with Gasteiger partial charge >= 0.3 is 0 Å². The van der Waals surface area contributed by atoms with Gasteiger partial charge in [-0.05, 0) is 36.4 Å². The second-order valence-electron chi connectivity index (χ2n) is 5.03. The number of phenolic OH excluding ortho intramolecular Hbond substituents is 1. The van der Waals surface area contributed by atoms with Crippen LogP contribution in [-0.2, 0) is 0 Å². The Morgan fingerprint density at radius 2 is 1.52 bits per heavy atom. The van der Waals surface area contributed by atoms with Gasteiger partial charge in [0.05, 0.1) is 34.0 Å². The summed E-state index contributed by atoms with van der Waals surface area (Å²) in [6.45, 7) is 0. The van der Waals surface area contributed by atoms with E-state index in [1.54, 1.807) is 24.3 Å². The molecule has 0 saturated heterocycles. The molecule has 0 radical (unpaired) electrons. The first-order valence-electron chi connectivity index (χ1n) is 7.43. The molecule has 25 heavy (non-hydrogen) atoms. The van der Waals surface area contributed by atoms with Crippen molar-refractivity contribution in [2.75, 3.05) is 28.4 Å². The van der Waals surface area contributed by atoms with Gasteiger partial charge in [-0.3, -0.25) is 4.79 Å². The van der Waals surface area contributed by atoms with Gasteiger partial charge in [0.1, 0.15) is 17.2 Å². The SMILES string of the molecule is COc1ccc(O)c(C(=O)C=Cc2cc(OC)c(OC)cc2OC)c1. The van der Waals surface area contributed by atoms with Crippen molar-refractivity contribution in [2.45, 2.75) is 0 Å². The molecule has 6 nitrogen and oxygen atoms in total. The summed E-state index contributed by atoms with van der Waals surface area (Å²) in [6.07, 6.45) is 2.93. The molecule has 0 heterocycles. The fraction of sp³-hybridized carbons (Fsp3) is 0.211. The van der Waals surface area contributed by atoms with Crippen LogP contribution in [0.15, 0.2) is 36.4 Å². The number of carbonyl (C=O) groups is 1. The van der Waals surface area contributed by atoms with E-state index in [0.717, 1.165) is 0 Å². The minimum absolute atomic E-state index is 0.116. The smallest absolute Gasteiger partial charge is 0.189 e. The number of ether oxygens (including phenoxy) is 4. The highest BCUT2D eigenvalue weighted by Crippen LogP contribution is 2.35. The van der Waals surface area contributed by atoms with E-state index in [2.05, 4.69) is 0 Å². The number of hydrogen-bond donors (Lipinski definition) is 1.